The molecule has 42 heavy (non-hydrogen) atoms. The van der Waals surface area contributed by atoms with Gasteiger partial charge in [0.15, 0.2) is 0 Å². The molecule has 0 atom stereocenters. The van der Waals surface area contributed by atoms with E-state index in [9.17, 15) is 0 Å². The Morgan fingerprint density at radius 2 is 0.619 bits per heavy atom. The van der Waals surface area contributed by atoms with Gasteiger partial charge in [-0.05, 0) is 99.9 Å². The van der Waals surface area contributed by atoms with Gasteiger partial charge in [0.25, 0.3) is 0 Å². The summed E-state index contributed by atoms with van der Waals surface area (Å²) in [7, 11) is 0. The molecule has 1 aliphatic heterocycles. The summed E-state index contributed by atoms with van der Waals surface area (Å²) in [4.78, 5) is 0. The maximum absolute atomic E-state index is 7.04. The van der Waals surface area contributed by atoms with Gasteiger partial charge in [-0.3, -0.25) is 0 Å². The van der Waals surface area contributed by atoms with Crippen molar-refractivity contribution in [3.63, 3.8) is 0 Å². The molecule has 0 saturated heterocycles. The molecule has 3 aliphatic rings. The van der Waals surface area contributed by atoms with E-state index in [1.807, 2.05) is 0 Å². The summed E-state index contributed by atoms with van der Waals surface area (Å²) in [5.74, 6) is 8.25. The van der Waals surface area contributed by atoms with Crippen LogP contribution in [0.1, 0.15) is 164 Å². The largest absolute Gasteiger partial charge is 0.464 e. The van der Waals surface area contributed by atoms with Gasteiger partial charge in [-0.25, -0.2) is 0 Å². The minimum Gasteiger partial charge on any atom is -0.464 e. The monoisotopic (exact) mass is 568 g/mol. The molecule has 7 rings (SSSR count). The van der Waals surface area contributed by atoms with Crippen molar-refractivity contribution in [3.8, 4) is 0 Å². The first-order valence-electron chi connectivity index (χ1n) is 16.9. The SMILES string of the molecule is CCC1(CC)c2ccc(o2)C2(CCCCC2)c2ccc(o2)C(CC)(CC)c2ccc(o2)C2(CCCCC2)c2ccc1o2. The lowest BCUT2D eigenvalue weighted by atomic mass is 9.70. The molecule has 5 heterocycles. The zero-order valence-electron chi connectivity index (χ0n) is 26.2. The smallest absolute Gasteiger partial charge is 0.117 e. The van der Waals surface area contributed by atoms with Gasteiger partial charge in [0.1, 0.15) is 46.1 Å². The summed E-state index contributed by atoms with van der Waals surface area (Å²) in [5.41, 5.74) is -1.13. The number of hydrogen-bond donors (Lipinski definition) is 0. The average molecular weight is 569 g/mol. The van der Waals surface area contributed by atoms with E-state index in [2.05, 4.69) is 76.2 Å². The lowest BCUT2D eigenvalue weighted by molar-refractivity contribution is 0.195. The van der Waals surface area contributed by atoms with Crippen molar-refractivity contribution in [2.75, 3.05) is 0 Å². The third-order valence-electron chi connectivity index (χ3n) is 12.0. The minimum atomic E-state index is -0.318. The Balaban J connectivity index is 1.51. The summed E-state index contributed by atoms with van der Waals surface area (Å²) in [5, 5.41) is 0. The van der Waals surface area contributed by atoms with E-state index in [-0.39, 0.29) is 21.7 Å². The van der Waals surface area contributed by atoms with Crippen molar-refractivity contribution in [2.24, 2.45) is 0 Å². The van der Waals surface area contributed by atoms with E-state index in [0.29, 0.717) is 0 Å². The molecule has 2 fully saturated rings. The fourth-order valence-corrected chi connectivity index (χ4v) is 9.08. The van der Waals surface area contributed by atoms with Crippen LogP contribution in [0.5, 0.6) is 0 Å². The Morgan fingerprint density at radius 1 is 0.381 bits per heavy atom. The van der Waals surface area contributed by atoms with Crippen molar-refractivity contribution in [1.29, 1.82) is 0 Å². The maximum Gasteiger partial charge on any atom is 0.117 e. The van der Waals surface area contributed by atoms with Gasteiger partial charge in [0.05, 0.1) is 21.7 Å². The van der Waals surface area contributed by atoms with Crippen LogP contribution in [0.3, 0.4) is 0 Å². The van der Waals surface area contributed by atoms with Crippen LogP contribution in [0.25, 0.3) is 0 Å². The highest BCUT2D eigenvalue weighted by Gasteiger charge is 2.48. The first kappa shape index (κ1) is 27.9. The molecule has 4 heteroatoms. The summed E-state index contributed by atoms with van der Waals surface area (Å²) < 4.78 is 28.1. The summed E-state index contributed by atoms with van der Waals surface area (Å²) >= 11 is 0. The van der Waals surface area contributed by atoms with Crippen molar-refractivity contribution in [1.82, 2.24) is 0 Å². The van der Waals surface area contributed by atoms with Crippen LogP contribution in [-0.4, -0.2) is 0 Å². The summed E-state index contributed by atoms with van der Waals surface area (Å²) in [6.45, 7) is 9.08. The minimum absolute atomic E-state index is 0.249. The first-order chi connectivity index (χ1) is 20.5. The van der Waals surface area contributed by atoms with E-state index < -0.39 is 0 Å². The molecule has 2 spiro atoms. The van der Waals surface area contributed by atoms with Gasteiger partial charge >= 0.3 is 0 Å². The van der Waals surface area contributed by atoms with Crippen molar-refractivity contribution in [3.05, 3.63) is 94.6 Å². The number of furan rings is 4. The van der Waals surface area contributed by atoms with Crippen molar-refractivity contribution < 1.29 is 17.7 Å². The molecule has 224 valence electrons. The molecule has 8 bridgehead atoms. The van der Waals surface area contributed by atoms with Crippen LogP contribution in [0.2, 0.25) is 0 Å². The van der Waals surface area contributed by atoms with Crippen LogP contribution in [0.4, 0.5) is 0 Å². The molecule has 4 aromatic rings. The van der Waals surface area contributed by atoms with Crippen molar-refractivity contribution in [2.45, 2.75) is 139 Å². The van der Waals surface area contributed by atoms with Gasteiger partial charge < -0.3 is 17.7 Å². The second-order valence-corrected chi connectivity index (χ2v) is 13.5. The number of rotatable bonds is 4. The maximum atomic E-state index is 7.04. The summed E-state index contributed by atoms with van der Waals surface area (Å²) in [6.07, 6.45) is 15.0. The molecular formula is C38H48O4. The third-order valence-corrected chi connectivity index (χ3v) is 12.0. The molecule has 0 unspecified atom stereocenters. The van der Waals surface area contributed by atoms with Crippen LogP contribution in [-0.2, 0) is 21.7 Å². The van der Waals surface area contributed by atoms with Crippen LogP contribution in [0.15, 0.2) is 66.2 Å². The predicted molar refractivity (Wildman–Crippen MR) is 165 cm³/mol. The Morgan fingerprint density at radius 3 is 0.857 bits per heavy atom. The zero-order valence-corrected chi connectivity index (χ0v) is 26.2. The number of fused-ring (bicyclic) bond motifs is 12. The average Bonchev–Trinajstić information content (AvgIpc) is 3.87. The third kappa shape index (κ3) is 3.78. The molecule has 0 amide bonds. The molecule has 4 aromatic heterocycles. The highest BCUT2D eigenvalue weighted by molar-refractivity contribution is 5.40. The lowest BCUT2D eigenvalue weighted by Crippen LogP contribution is -2.31. The second kappa shape index (κ2) is 10.4. The Kier molecular flexibility index (Phi) is 6.90. The fraction of sp³-hybridized carbons (Fsp3) is 0.579. The van der Waals surface area contributed by atoms with E-state index in [1.165, 1.54) is 38.5 Å². The van der Waals surface area contributed by atoms with Crippen LogP contribution < -0.4 is 0 Å². The van der Waals surface area contributed by atoms with Gasteiger partial charge in [-0.2, -0.15) is 0 Å². The van der Waals surface area contributed by atoms with Crippen LogP contribution in [0, 0.1) is 0 Å². The van der Waals surface area contributed by atoms with Gasteiger partial charge in [-0.15, -0.1) is 0 Å². The highest BCUT2D eigenvalue weighted by atomic mass is 16.4. The predicted octanol–water partition coefficient (Wildman–Crippen LogP) is 11.1. The molecule has 0 aromatic carbocycles. The zero-order chi connectivity index (χ0) is 29.0. The van der Waals surface area contributed by atoms with Gasteiger partial charge in [0.2, 0.25) is 0 Å². The van der Waals surface area contributed by atoms with E-state index >= 15 is 0 Å². The van der Waals surface area contributed by atoms with E-state index in [1.54, 1.807) is 0 Å². The normalized spacial score (nSPS) is 22.0. The Hall–Kier alpha value is -2.88. The fourth-order valence-electron chi connectivity index (χ4n) is 9.08. The van der Waals surface area contributed by atoms with Gasteiger partial charge in [0, 0.05) is 0 Å². The Labute approximate surface area is 251 Å². The first-order valence-corrected chi connectivity index (χ1v) is 16.9. The second-order valence-electron chi connectivity index (χ2n) is 13.5. The van der Waals surface area contributed by atoms with Crippen molar-refractivity contribution >= 4 is 0 Å². The lowest BCUT2D eigenvalue weighted by Gasteiger charge is -2.36. The molecule has 4 nitrogen and oxygen atoms in total. The van der Waals surface area contributed by atoms with Gasteiger partial charge in [-0.1, -0.05) is 66.2 Å². The molecule has 2 saturated carbocycles. The molecule has 2 aliphatic carbocycles. The van der Waals surface area contributed by atoms with Crippen LogP contribution >= 0.6 is 0 Å². The topological polar surface area (TPSA) is 52.6 Å². The van der Waals surface area contributed by atoms with E-state index in [0.717, 1.165) is 97.4 Å². The highest BCUT2D eigenvalue weighted by Crippen LogP contribution is 2.53. The molecule has 0 radical (unpaired) electrons. The summed E-state index contributed by atoms with van der Waals surface area (Å²) in [6, 6.07) is 17.9. The Bertz CT molecular complexity index is 1290. The molecular weight excluding hydrogens is 520 g/mol. The quantitative estimate of drug-likeness (QED) is 0.246. The molecule has 0 N–H and O–H groups in total. The number of hydrogen-bond acceptors (Lipinski definition) is 4. The van der Waals surface area contributed by atoms with E-state index in [4.69, 9.17) is 17.7 Å². The standard InChI is InChI=1S/C38H48O4/c1-5-35(6-2)27-15-19-31(39-27)37(23-11-9-12-24-37)33-21-17-29(41-33)36(7-3,8-4)30-18-22-34(42-30)38(25-13-10-14-26-38)32-20-16-28(35)40-32/h15-22H,5-14,23-26H2,1-4H3.